The minimum atomic E-state index is 0.368. The van der Waals surface area contributed by atoms with Gasteiger partial charge in [0.25, 0.3) is 0 Å². The predicted molar refractivity (Wildman–Crippen MR) is 199 cm³/mol. The molecule has 4 aromatic rings. The van der Waals surface area contributed by atoms with Crippen molar-refractivity contribution < 1.29 is 0 Å². The van der Waals surface area contributed by atoms with Gasteiger partial charge in [-0.2, -0.15) is 0 Å². The summed E-state index contributed by atoms with van der Waals surface area (Å²) in [5.74, 6) is 0. The molecule has 2 heterocycles. The van der Waals surface area contributed by atoms with E-state index in [9.17, 15) is 0 Å². The van der Waals surface area contributed by atoms with Crippen molar-refractivity contribution >= 4 is 69.9 Å². The largest absolute Gasteiger partial charge is 0.210 e. The number of rotatable bonds is 18. The quantitative estimate of drug-likeness (QED) is 0.0576. The van der Waals surface area contributed by atoms with E-state index >= 15 is 0 Å². The lowest BCUT2D eigenvalue weighted by Gasteiger charge is -2.04. The highest BCUT2D eigenvalue weighted by molar-refractivity contribution is 7.99. The fourth-order valence-corrected chi connectivity index (χ4v) is 7.30. The van der Waals surface area contributed by atoms with Crippen molar-refractivity contribution in [2.24, 2.45) is 0 Å². The Hall–Kier alpha value is -1.54. The molecule has 10 heteroatoms. The van der Waals surface area contributed by atoms with Crippen LogP contribution in [0.3, 0.4) is 0 Å². The van der Waals surface area contributed by atoms with Crippen LogP contribution in [-0.4, -0.2) is 19.9 Å². The van der Waals surface area contributed by atoms with E-state index in [1.807, 2.05) is 0 Å². The standard InChI is InChI=1S/2C18H22Cl2N2S/c2*1-2-3-4-5-6-7-8-14-9-11-15(12-10-14)23-18-21-16(19)13-17(20)22-18/h2*9-13H,2-8H2,1H3. The summed E-state index contributed by atoms with van der Waals surface area (Å²) in [6.07, 6.45) is 18.3. The number of benzene rings is 2. The van der Waals surface area contributed by atoms with Gasteiger partial charge in [0.15, 0.2) is 10.3 Å². The van der Waals surface area contributed by atoms with Gasteiger partial charge >= 0.3 is 0 Å². The predicted octanol–water partition coefficient (Wildman–Crippen LogP) is 13.7. The van der Waals surface area contributed by atoms with Crippen LogP contribution in [0.15, 0.2) is 80.8 Å². The Morgan fingerprint density at radius 1 is 0.435 bits per heavy atom. The van der Waals surface area contributed by atoms with E-state index in [4.69, 9.17) is 46.4 Å². The molecule has 0 atom stereocenters. The van der Waals surface area contributed by atoms with E-state index in [2.05, 4.69) is 82.3 Å². The summed E-state index contributed by atoms with van der Waals surface area (Å²) < 4.78 is 0. The number of halogens is 4. The van der Waals surface area contributed by atoms with E-state index in [1.54, 1.807) is 0 Å². The monoisotopic (exact) mass is 736 g/mol. The lowest BCUT2D eigenvalue weighted by atomic mass is 10.1. The highest BCUT2D eigenvalue weighted by atomic mass is 35.5. The Labute approximate surface area is 304 Å². The van der Waals surface area contributed by atoms with Gasteiger partial charge in [-0.1, -0.05) is 149 Å². The fraction of sp³-hybridized carbons (Fsp3) is 0.444. The van der Waals surface area contributed by atoms with Crippen LogP contribution in [0.1, 0.15) is 102 Å². The fourth-order valence-electron chi connectivity index (χ4n) is 4.71. The number of hydrogen-bond donors (Lipinski definition) is 0. The number of aryl methyl sites for hydroxylation is 2. The van der Waals surface area contributed by atoms with E-state index in [-0.39, 0.29) is 0 Å². The van der Waals surface area contributed by atoms with E-state index in [1.165, 1.54) is 124 Å². The van der Waals surface area contributed by atoms with Crippen LogP contribution in [0.25, 0.3) is 0 Å². The van der Waals surface area contributed by atoms with Gasteiger partial charge in [0, 0.05) is 21.9 Å². The van der Waals surface area contributed by atoms with Crippen molar-refractivity contribution in [3.63, 3.8) is 0 Å². The maximum atomic E-state index is 5.90. The van der Waals surface area contributed by atoms with Crippen LogP contribution in [-0.2, 0) is 12.8 Å². The molecule has 0 radical (unpaired) electrons. The normalized spacial score (nSPS) is 10.9. The molecule has 4 rings (SSSR count). The Morgan fingerprint density at radius 2 is 0.739 bits per heavy atom. The van der Waals surface area contributed by atoms with Crippen molar-refractivity contribution in [3.05, 3.63) is 92.4 Å². The molecule has 2 aromatic heterocycles. The van der Waals surface area contributed by atoms with Crippen LogP contribution in [0.4, 0.5) is 0 Å². The molecular weight excluding hydrogens is 694 g/mol. The number of aromatic nitrogens is 4. The Bertz CT molecular complexity index is 1270. The first kappa shape index (κ1) is 38.9. The molecule has 0 unspecified atom stereocenters. The lowest BCUT2D eigenvalue weighted by molar-refractivity contribution is 0.607. The van der Waals surface area contributed by atoms with Gasteiger partial charge in [0.2, 0.25) is 0 Å². The third-order valence-electron chi connectivity index (χ3n) is 7.19. The first-order chi connectivity index (χ1) is 22.3. The first-order valence-electron chi connectivity index (χ1n) is 16.3. The van der Waals surface area contributed by atoms with Crippen LogP contribution >= 0.6 is 69.9 Å². The number of hydrogen-bond acceptors (Lipinski definition) is 6. The van der Waals surface area contributed by atoms with Gasteiger partial charge in [-0.05, 0) is 84.6 Å². The second-order valence-electron chi connectivity index (χ2n) is 11.1. The van der Waals surface area contributed by atoms with Crippen LogP contribution in [0.5, 0.6) is 0 Å². The molecule has 0 amide bonds. The topological polar surface area (TPSA) is 51.6 Å². The summed E-state index contributed by atoms with van der Waals surface area (Å²) in [7, 11) is 0. The summed E-state index contributed by atoms with van der Waals surface area (Å²) in [5.41, 5.74) is 2.77. The molecular formula is C36H44Cl4N4S2. The van der Waals surface area contributed by atoms with Crippen molar-refractivity contribution in [1.82, 2.24) is 19.9 Å². The molecule has 0 aliphatic carbocycles. The average Bonchev–Trinajstić information content (AvgIpc) is 3.01. The maximum absolute atomic E-state index is 5.90. The highest BCUT2D eigenvalue weighted by Crippen LogP contribution is 2.29. The lowest BCUT2D eigenvalue weighted by Crippen LogP contribution is -1.89. The number of unbranched alkanes of at least 4 members (excludes halogenated alkanes) is 10. The molecule has 2 aromatic carbocycles. The van der Waals surface area contributed by atoms with E-state index < -0.39 is 0 Å². The van der Waals surface area contributed by atoms with Crippen molar-refractivity contribution in [2.45, 2.75) is 124 Å². The molecule has 0 saturated carbocycles. The Kier molecular flexibility index (Phi) is 19.4. The second kappa shape index (κ2) is 22.9. The second-order valence-corrected chi connectivity index (χ2v) is 14.7. The Balaban J connectivity index is 0.000000250. The van der Waals surface area contributed by atoms with Gasteiger partial charge in [-0.25, -0.2) is 19.9 Å². The molecule has 0 saturated heterocycles. The molecule has 46 heavy (non-hydrogen) atoms. The maximum Gasteiger partial charge on any atom is 0.195 e. The summed E-state index contributed by atoms with van der Waals surface area (Å²) >= 11 is 26.5. The minimum absolute atomic E-state index is 0.368. The van der Waals surface area contributed by atoms with Gasteiger partial charge < -0.3 is 0 Å². The van der Waals surface area contributed by atoms with Crippen LogP contribution in [0, 0.1) is 0 Å². The van der Waals surface area contributed by atoms with Crippen LogP contribution in [0.2, 0.25) is 20.6 Å². The molecule has 0 N–H and O–H groups in total. The molecule has 0 aliphatic heterocycles. The summed E-state index contributed by atoms with van der Waals surface area (Å²) in [6, 6.07) is 20.2. The third kappa shape index (κ3) is 16.5. The van der Waals surface area contributed by atoms with Gasteiger partial charge in [-0.3, -0.25) is 0 Å². The van der Waals surface area contributed by atoms with Crippen molar-refractivity contribution in [3.8, 4) is 0 Å². The average molecular weight is 739 g/mol. The molecule has 0 fully saturated rings. The SMILES string of the molecule is CCCCCCCCc1ccc(Sc2nc(Cl)cc(Cl)n2)cc1.CCCCCCCCc1ccc(Sc2nc(Cl)cc(Cl)n2)cc1. The smallest absolute Gasteiger partial charge is 0.195 e. The first-order valence-corrected chi connectivity index (χ1v) is 19.4. The molecule has 248 valence electrons. The molecule has 0 aliphatic rings. The Morgan fingerprint density at radius 3 is 1.07 bits per heavy atom. The molecule has 0 bridgehead atoms. The van der Waals surface area contributed by atoms with Crippen molar-refractivity contribution in [1.29, 1.82) is 0 Å². The zero-order chi connectivity index (χ0) is 33.0. The summed E-state index contributed by atoms with van der Waals surface area (Å²) in [6.45, 7) is 4.50. The van der Waals surface area contributed by atoms with E-state index in [0.29, 0.717) is 30.9 Å². The van der Waals surface area contributed by atoms with Gasteiger partial charge in [-0.15, -0.1) is 0 Å². The number of nitrogens with zero attached hydrogens (tertiary/aromatic N) is 4. The van der Waals surface area contributed by atoms with Gasteiger partial charge in [0.1, 0.15) is 20.6 Å². The molecule has 0 spiro atoms. The third-order valence-corrected chi connectivity index (χ3v) is 9.71. The van der Waals surface area contributed by atoms with Gasteiger partial charge in [0.05, 0.1) is 0 Å². The minimum Gasteiger partial charge on any atom is -0.210 e. The zero-order valence-corrected chi connectivity index (χ0v) is 31.4. The van der Waals surface area contributed by atoms with Crippen LogP contribution < -0.4 is 0 Å². The highest BCUT2D eigenvalue weighted by Gasteiger charge is 2.06. The zero-order valence-electron chi connectivity index (χ0n) is 26.8. The van der Waals surface area contributed by atoms with Crippen molar-refractivity contribution in [2.75, 3.05) is 0 Å². The summed E-state index contributed by atoms with van der Waals surface area (Å²) in [4.78, 5) is 18.9. The summed E-state index contributed by atoms with van der Waals surface area (Å²) in [5, 5.41) is 2.62. The van der Waals surface area contributed by atoms with E-state index in [0.717, 1.165) is 22.6 Å². The molecule has 4 nitrogen and oxygen atoms in total.